The largest absolute Gasteiger partial charge is 0.235 e. The van der Waals surface area contributed by atoms with Crippen molar-refractivity contribution in [1.29, 1.82) is 0 Å². The average Bonchev–Trinajstić information content (AvgIpc) is 2.41. The van der Waals surface area contributed by atoms with Gasteiger partial charge in [0.25, 0.3) is 0 Å². The van der Waals surface area contributed by atoms with Crippen molar-refractivity contribution in [2.24, 2.45) is 0 Å². The molecule has 1 aromatic carbocycles. The third kappa shape index (κ3) is 1.56. The molecule has 0 spiro atoms. The van der Waals surface area contributed by atoms with E-state index in [1.807, 2.05) is 11.9 Å². The third-order valence-corrected chi connectivity index (χ3v) is 4.25. The van der Waals surface area contributed by atoms with Gasteiger partial charge < -0.3 is 0 Å². The van der Waals surface area contributed by atoms with Crippen LogP contribution in [0.3, 0.4) is 0 Å². The molecule has 0 amide bonds. The summed E-state index contributed by atoms with van der Waals surface area (Å²) in [7, 11) is 0. The lowest BCUT2D eigenvalue weighted by Crippen LogP contribution is -2.33. The van der Waals surface area contributed by atoms with Gasteiger partial charge in [0.05, 0.1) is 5.54 Å². The Hall–Kier alpha value is -0.180. The van der Waals surface area contributed by atoms with Crippen LogP contribution in [0.1, 0.15) is 19.4 Å². The second-order valence-corrected chi connectivity index (χ2v) is 5.38. The van der Waals surface area contributed by atoms with Gasteiger partial charge in [0.15, 0.2) is 0 Å². The number of halogens is 1. The van der Waals surface area contributed by atoms with E-state index < -0.39 is 0 Å². The van der Waals surface area contributed by atoms with Crippen LogP contribution in [-0.4, -0.2) is 16.7 Å². The summed E-state index contributed by atoms with van der Waals surface area (Å²) in [6, 6.07) is 8.57. The van der Waals surface area contributed by atoms with Crippen LogP contribution in [0, 0.1) is 0 Å². The van der Waals surface area contributed by atoms with Crippen LogP contribution in [0.2, 0.25) is 0 Å². The van der Waals surface area contributed by atoms with Crippen LogP contribution in [0.15, 0.2) is 29.2 Å². The fourth-order valence-corrected chi connectivity index (χ4v) is 3.39. The Morgan fingerprint density at radius 1 is 1.36 bits per heavy atom. The Balaban J connectivity index is 2.35. The smallest absolute Gasteiger partial charge is 0.0520 e. The fraction of sp³-hybridized carbons (Fsp3) is 0.455. The molecule has 1 nitrogen and oxygen atoms in total. The maximum absolute atomic E-state index is 5.80. The van der Waals surface area contributed by atoms with Crippen LogP contribution in [0.25, 0.3) is 0 Å². The molecular formula is C11H14ClNS. The minimum Gasteiger partial charge on any atom is -0.235 e. The van der Waals surface area contributed by atoms with Crippen molar-refractivity contribution in [3.63, 3.8) is 0 Å². The Morgan fingerprint density at radius 2 is 2.07 bits per heavy atom. The lowest BCUT2D eigenvalue weighted by atomic mass is 9.94. The first-order chi connectivity index (χ1) is 6.66. The number of nitrogens with zero attached hydrogens (tertiary/aromatic N) is 1. The molecule has 0 aliphatic carbocycles. The zero-order valence-electron chi connectivity index (χ0n) is 8.46. The van der Waals surface area contributed by atoms with Gasteiger partial charge in [-0.2, -0.15) is 0 Å². The quantitative estimate of drug-likeness (QED) is 0.562. The predicted octanol–water partition coefficient (Wildman–Crippen LogP) is 3.48. The molecule has 0 N–H and O–H groups in total. The van der Waals surface area contributed by atoms with Crippen LogP contribution in [0.5, 0.6) is 0 Å². The monoisotopic (exact) mass is 227 g/mol. The summed E-state index contributed by atoms with van der Waals surface area (Å²) in [6.45, 7) is 5.42. The highest BCUT2D eigenvalue weighted by Gasteiger charge is 2.37. The topological polar surface area (TPSA) is 3.24 Å². The normalized spacial score (nSPS) is 19.6. The number of alkyl halides is 1. The molecule has 0 radical (unpaired) electrons. The van der Waals surface area contributed by atoms with Gasteiger partial charge >= 0.3 is 0 Å². The van der Waals surface area contributed by atoms with Gasteiger partial charge in [-0.1, -0.05) is 18.2 Å². The second kappa shape index (κ2) is 3.76. The lowest BCUT2D eigenvalue weighted by molar-refractivity contribution is 0.274. The molecule has 3 heteroatoms. The molecule has 0 saturated heterocycles. The highest BCUT2D eigenvalue weighted by atomic mass is 35.5. The predicted molar refractivity (Wildman–Crippen MR) is 62.8 cm³/mol. The Kier molecular flexibility index (Phi) is 2.78. The summed E-state index contributed by atoms with van der Waals surface area (Å²) in [5.41, 5.74) is 1.52. The van der Waals surface area contributed by atoms with Crippen molar-refractivity contribution >= 4 is 23.5 Å². The first kappa shape index (κ1) is 10.3. The Morgan fingerprint density at radius 3 is 2.71 bits per heavy atom. The molecule has 2 rings (SSSR count). The van der Waals surface area contributed by atoms with Gasteiger partial charge in [-0.3, -0.25) is 0 Å². The van der Waals surface area contributed by atoms with Gasteiger partial charge in [-0.15, -0.1) is 11.6 Å². The SMILES string of the molecule is CC1(C)c2ccccc2SN1CCCl. The highest BCUT2D eigenvalue weighted by molar-refractivity contribution is 7.97. The maximum atomic E-state index is 5.80. The van der Waals surface area contributed by atoms with E-state index >= 15 is 0 Å². The molecule has 76 valence electrons. The lowest BCUT2D eigenvalue weighted by Gasteiger charge is -2.30. The van der Waals surface area contributed by atoms with E-state index in [1.54, 1.807) is 0 Å². The van der Waals surface area contributed by atoms with Gasteiger partial charge in [0.1, 0.15) is 0 Å². The summed E-state index contributed by atoms with van der Waals surface area (Å²) in [6.07, 6.45) is 0. The molecule has 0 saturated carbocycles. The number of benzene rings is 1. The minimum absolute atomic E-state index is 0.107. The summed E-state index contributed by atoms with van der Waals surface area (Å²) >= 11 is 7.61. The standard InChI is InChI=1S/C11H14ClNS/c1-11(2)9-5-3-4-6-10(9)14-13(11)8-7-12/h3-6H,7-8H2,1-2H3. The molecule has 1 aliphatic heterocycles. The number of hydrogen-bond acceptors (Lipinski definition) is 2. The Bertz CT molecular complexity index is 338. The van der Waals surface area contributed by atoms with Crippen LogP contribution in [-0.2, 0) is 5.54 Å². The van der Waals surface area contributed by atoms with E-state index in [0.717, 1.165) is 6.54 Å². The Labute approximate surface area is 94.6 Å². The van der Waals surface area contributed by atoms with E-state index in [4.69, 9.17) is 11.6 Å². The van der Waals surface area contributed by atoms with E-state index in [1.165, 1.54) is 10.5 Å². The summed E-state index contributed by atoms with van der Waals surface area (Å²) in [5, 5.41) is 0. The van der Waals surface area contributed by atoms with Crippen molar-refractivity contribution in [2.45, 2.75) is 24.3 Å². The summed E-state index contributed by atoms with van der Waals surface area (Å²) in [5.74, 6) is 0.685. The molecular weight excluding hydrogens is 214 g/mol. The number of fused-ring (bicyclic) bond motifs is 1. The van der Waals surface area contributed by atoms with Crippen LogP contribution < -0.4 is 0 Å². The third-order valence-electron chi connectivity index (χ3n) is 2.67. The number of hydrogen-bond donors (Lipinski definition) is 0. The van der Waals surface area contributed by atoms with Gasteiger partial charge in [-0.25, -0.2) is 4.31 Å². The average molecular weight is 228 g/mol. The highest BCUT2D eigenvalue weighted by Crippen LogP contribution is 2.47. The first-order valence-corrected chi connectivity index (χ1v) is 6.08. The van der Waals surface area contributed by atoms with Crippen molar-refractivity contribution in [3.05, 3.63) is 29.8 Å². The first-order valence-electron chi connectivity index (χ1n) is 4.77. The van der Waals surface area contributed by atoms with E-state index in [0.29, 0.717) is 5.88 Å². The zero-order chi connectivity index (χ0) is 10.2. The minimum atomic E-state index is 0.107. The molecule has 0 bridgehead atoms. The second-order valence-electron chi connectivity index (χ2n) is 3.94. The van der Waals surface area contributed by atoms with E-state index in [9.17, 15) is 0 Å². The van der Waals surface area contributed by atoms with E-state index in [2.05, 4.69) is 42.4 Å². The van der Waals surface area contributed by atoms with Crippen molar-refractivity contribution in [3.8, 4) is 0 Å². The summed E-state index contributed by atoms with van der Waals surface area (Å²) < 4.78 is 2.35. The molecule has 1 aromatic rings. The van der Waals surface area contributed by atoms with Gasteiger partial charge in [0.2, 0.25) is 0 Å². The molecule has 0 atom stereocenters. The van der Waals surface area contributed by atoms with E-state index in [-0.39, 0.29) is 5.54 Å². The van der Waals surface area contributed by atoms with Crippen molar-refractivity contribution in [1.82, 2.24) is 4.31 Å². The molecule has 0 fully saturated rings. The summed E-state index contributed by atoms with van der Waals surface area (Å²) in [4.78, 5) is 1.36. The fourth-order valence-electron chi connectivity index (χ4n) is 1.82. The van der Waals surface area contributed by atoms with Crippen molar-refractivity contribution < 1.29 is 0 Å². The van der Waals surface area contributed by atoms with Gasteiger partial charge in [-0.05, 0) is 37.4 Å². The zero-order valence-corrected chi connectivity index (χ0v) is 10.0. The maximum Gasteiger partial charge on any atom is 0.0520 e. The van der Waals surface area contributed by atoms with Gasteiger partial charge in [0, 0.05) is 17.3 Å². The molecule has 1 heterocycles. The number of rotatable bonds is 2. The van der Waals surface area contributed by atoms with Crippen molar-refractivity contribution in [2.75, 3.05) is 12.4 Å². The molecule has 1 aliphatic rings. The molecule has 0 aromatic heterocycles. The van der Waals surface area contributed by atoms with Crippen LogP contribution in [0.4, 0.5) is 0 Å². The molecule has 14 heavy (non-hydrogen) atoms. The van der Waals surface area contributed by atoms with Crippen LogP contribution >= 0.6 is 23.5 Å². The molecule has 0 unspecified atom stereocenters.